The van der Waals surface area contributed by atoms with Gasteiger partial charge in [0.2, 0.25) is 0 Å². The standard InChI is InChI=1S/C21H34O11/c1-4-7-8-9-10-11-12-31-15(22)13-21(28,20(26)27)14-16(23)32-17(18(24)29-5-2)19(25)30-6-3/h17,28H,4-14H2,1-3H3,(H,26,27). The van der Waals surface area contributed by atoms with E-state index in [1.807, 2.05) is 0 Å². The van der Waals surface area contributed by atoms with Crippen LogP contribution >= 0.6 is 0 Å². The molecular weight excluding hydrogens is 428 g/mol. The van der Waals surface area contributed by atoms with E-state index in [2.05, 4.69) is 21.1 Å². The van der Waals surface area contributed by atoms with E-state index in [1.54, 1.807) is 0 Å². The van der Waals surface area contributed by atoms with Crippen molar-refractivity contribution < 1.29 is 53.1 Å². The van der Waals surface area contributed by atoms with Crippen LogP contribution in [-0.2, 0) is 42.9 Å². The molecule has 0 spiro atoms. The van der Waals surface area contributed by atoms with E-state index in [0.717, 1.165) is 32.1 Å². The van der Waals surface area contributed by atoms with Crippen LogP contribution in [0.1, 0.15) is 72.1 Å². The average Bonchev–Trinajstić information content (AvgIpc) is 2.71. The Labute approximate surface area is 187 Å². The highest BCUT2D eigenvalue weighted by Crippen LogP contribution is 2.19. The van der Waals surface area contributed by atoms with E-state index in [-0.39, 0.29) is 19.8 Å². The Morgan fingerprint density at radius 1 is 0.750 bits per heavy atom. The second-order valence-corrected chi connectivity index (χ2v) is 7.05. The lowest BCUT2D eigenvalue weighted by atomic mass is 9.96. The van der Waals surface area contributed by atoms with Crippen molar-refractivity contribution in [3.05, 3.63) is 0 Å². The van der Waals surface area contributed by atoms with Crippen molar-refractivity contribution in [3.8, 4) is 0 Å². The number of hydrogen-bond donors (Lipinski definition) is 2. The van der Waals surface area contributed by atoms with E-state index < -0.39 is 54.4 Å². The molecule has 11 heteroatoms. The van der Waals surface area contributed by atoms with Gasteiger partial charge in [0.15, 0.2) is 5.60 Å². The Balaban J connectivity index is 4.86. The van der Waals surface area contributed by atoms with Crippen LogP contribution in [0.25, 0.3) is 0 Å². The smallest absolute Gasteiger partial charge is 0.359 e. The Morgan fingerprint density at radius 3 is 1.75 bits per heavy atom. The van der Waals surface area contributed by atoms with Gasteiger partial charge in [-0.05, 0) is 20.3 Å². The molecule has 0 saturated carbocycles. The van der Waals surface area contributed by atoms with Gasteiger partial charge in [-0.1, -0.05) is 39.0 Å². The molecule has 1 atom stereocenters. The number of aliphatic carboxylic acids is 1. The minimum Gasteiger partial charge on any atom is -0.479 e. The first-order valence-electron chi connectivity index (χ1n) is 10.7. The molecule has 0 rings (SSSR count). The first-order chi connectivity index (χ1) is 15.1. The molecule has 0 aromatic heterocycles. The molecule has 0 bridgehead atoms. The fraction of sp³-hybridized carbons (Fsp3) is 0.762. The van der Waals surface area contributed by atoms with Crippen molar-refractivity contribution in [2.24, 2.45) is 0 Å². The zero-order valence-corrected chi connectivity index (χ0v) is 18.9. The second-order valence-electron chi connectivity index (χ2n) is 7.05. The third kappa shape index (κ3) is 11.6. The topological polar surface area (TPSA) is 163 Å². The molecule has 0 heterocycles. The summed E-state index contributed by atoms with van der Waals surface area (Å²) in [7, 11) is 0. The lowest BCUT2D eigenvalue weighted by molar-refractivity contribution is -0.185. The van der Waals surface area contributed by atoms with Crippen molar-refractivity contribution in [3.63, 3.8) is 0 Å². The Hall–Kier alpha value is -2.69. The van der Waals surface area contributed by atoms with E-state index in [1.165, 1.54) is 13.8 Å². The van der Waals surface area contributed by atoms with Crippen LogP contribution < -0.4 is 0 Å². The summed E-state index contributed by atoms with van der Waals surface area (Å²) in [4.78, 5) is 59.3. The van der Waals surface area contributed by atoms with Crippen LogP contribution in [0.15, 0.2) is 0 Å². The number of esters is 4. The number of unbranched alkanes of at least 4 members (excludes halogenated alkanes) is 5. The summed E-state index contributed by atoms with van der Waals surface area (Å²) in [6, 6.07) is 0. The van der Waals surface area contributed by atoms with Crippen LogP contribution in [0, 0.1) is 0 Å². The highest BCUT2D eigenvalue weighted by molar-refractivity contribution is 6.00. The van der Waals surface area contributed by atoms with Gasteiger partial charge in [0.25, 0.3) is 6.10 Å². The summed E-state index contributed by atoms with van der Waals surface area (Å²) in [5.74, 6) is -6.71. The molecule has 0 aromatic carbocycles. The summed E-state index contributed by atoms with van der Waals surface area (Å²) in [6.45, 7) is 4.84. The molecule has 0 aliphatic carbocycles. The number of hydrogen-bond acceptors (Lipinski definition) is 10. The summed E-state index contributed by atoms with van der Waals surface area (Å²) in [5.41, 5.74) is -2.84. The maximum absolute atomic E-state index is 12.1. The minimum atomic E-state index is -2.84. The number of carbonyl (C=O) groups is 5. The molecule has 32 heavy (non-hydrogen) atoms. The van der Waals surface area contributed by atoms with E-state index >= 15 is 0 Å². The van der Waals surface area contributed by atoms with Crippen molar-refractivity contribution >= 4 is 29.8 Å². The summed E-state index contributed by atoms with van der Waals surface area (Å²) >= 11 is 0. The molecule has 0 fully saturated rings. The van der Waals surface area contributed by atoms with Crippen LogP contribution in [0.2, 0.25) is 0 Å². The highest BCUT2D eigenvalue weighted by atomic mass is 16.6. The number of carboxylic acid groups (broad SMARTS) is 1. The van der Waals surface area contributed by atoms with Gasteiger partial charge in [-0.25, -0.2) is 14.4 Å². The van der Waals surface area contributed by atoms with E-state index in [9.17, 15) is 34.2 Å². The number of carbonyl (C=O) groups excluding carboxylic acids is 4. The molecule has 0 aliphatic rings. The average molecular weight is 462 g/mol. The number of ether oxygens (including phenoxy) is 4. The van der Waals surface area contributed by atoms with Crippen molar-refractivity contribution in [2.45, 2.75) is 83.8 Å². The van der Waals surface area contributed by atoms with Gasteiger partial charge in [0.05, 0.1) is 32.7 Å². The van der Waals surface area contributed by atoms with Crippen molar-refractivity contribution in [1.82, 2.24) is 0 Å². The third-order valence-electron chi connectivity index (χ3n) is 4.28. The summed E-state index contributed by atoms with van der Waals surface area (Å²) in [5, 5.41) is 19.6. The summed E-state index contributed by atoms with van der Waals surface area (Å²) < 4.78 is 18.9. The van der Waals surface area contributed by atoms with E-state index in [0.29, 0.717) is 6.42 Å². The quantitative estimate of drug-likeness (QED) is 0.139. The van der Waals surface area contributed by atoms with Crippen LogP contribution in [0.4, 0.5) is 0 Å². The molecule has 0 aliphatic heterocycles. The minimum absolute atomic E-state index is 0.0545. The maximum Gasteiger partial charge on any atom is 0.359 e. The molecular formula is C21H34O11. The van der Waals surface area contributed by atoms with Gasteiger partial charge >= 0.3 is 29.8 Å². The normalized spacial score (nSPS) is 12.5. The maximum atomic E-state index is 12.1. The first-order valence-corrected chi connectivity index (χ1v) is 10.7. The first kappa shape index (κ1) is 29.3. The van der Waals surface area contributed by atoms with Crippen LogP contribution in [0.3, 0.4) is 0 Å². The molecule has 11 nitrogen and oxygen atoms in total. The Morgan fingerprint density at radius 2 is 1.25 bits per heavy atom. The van der Waals surface area contributed by atoms with Crippen LogP contribution in [-0.4, -0.2) is 71.6 Å². The molecule has 1 unspecified atom stereocenters. The highest BCUT2D eigenvalue weighted by Gasteiger charge is 2.44. The molecule has 2 N–H and O–H groups in total. The fourth-order valence-corrected chi connectivity index (χ4v) is 2.61. The fourth-order valence-electron chi connectivity index (χ4n) is 2.61. The Bertz CT molecular complexity index is 613. The van der Waals surface area contributed by atoms with Gasteiger partial charge in [-0.2, -0.15) is 0 Å². The molecule has 184 valence electrons. The predicted molar refractivity (Wildman–Crippen MR) is 109 cm³/mol. The molecule has 0 aromatic rings. The van der Waals surface area contributed by atoms with Gasteiger partial charge in [-0.15, -0.1) is 0 Å². The monoisotopic (exact) mass is 462 g/mol. The van der Waals surface area contributed by atoms with Crippen LogP contribution in [0.5, 0.6) is 0 Å². The summed E-state index contributed by atoms with van der Waals surface area (Å²) in [6.07, 6.45) is 1.40. The Kier molecular flexibility index (Phi) is 14.7. The SMILES string of the molecule is CCCCCCCCOC(=O)CC(O)(CC(=O)OC(C(=O)OCC)C(=O)OCC)C(=O)O. The lowest BCUT2D eigenvalue weighted by Gasteiger charge is -2.22. The second kappa shape index (κ2) is 16.0. The number of rotatable bonds is 17. The molecule has 0 saturated heterocycles. The zero-order chi connectivity index (χ0) is 24.6. The van der Waals surface area contributed by atoms with Crippen molar-refractivity contribution in [2.75, 3.05) is 19.8 Å². The van der Waals surface area contributed by atoms with E-state index in [4.69, 9.17) is 4.74 Å². The van der Waals surface area contributed by atoms with Crippen molar-refractivity contribution in [1.29, 1.82) is 0 Å². The largest absolute Gasteiger partial charge is 0.479 e. The lowest BCUT2D eigenvalue weighted by Crippen LogP contribution is -2.45. The molecule has 0 radical (unpaired) electrons. The number of aliphatic hydroxyl groups is 1. The molecule has 0 amide bonds. The zero-order valence-electron chi connectivity index (χ0n) is 18.9. The van der Waals surface area contributed by atoms with Gasteiger partial charge in [0, 0.05) is 0 Å². The number of carboxylic acids is 1. The van der Waals surface area contributed by atoms with Gasteiger partial charge < -0.3 is 29.2 Å². The predicted octanol–water partition coefficient (Wildman–Crippen LogP) is 1.52. The van der Waals surface area contributed by atoms with Gasteiger partial charge in [0.1, 0.15) is 0 Å². The van der Waals surface area contributed by atoms with Gasteiger partial charge in [-0.3, -0.25) is 9.59 Å². The third-order valence-corrected chi connectivity index (χ3v) is 4.28.